The van der Waals surface area contributed by atoms with Gasteiger partial charge in [0.05, 0.1) is 22.2 Å². The fourth-order valence-electron chi connectivity index (χ4n) is 1.64. The molecule has 2 aromatic rings. The van der Waals surface area contributed by atoms with Crippen molar-refractivity contribution in [3.8, 4) is 0 Å². The first-order valence-corrected chi connectivity index (χ1v) is 6.69. The quantitative estimate of drug-likeness (QED) is 0.921. The van der Waals surface area contributed by atoms with Crippen LogP contribution in [0, 0.1) is 6.92 Å². The number of benzene rings is 1. The van der Waals surface area contributed by atoms with Crippen molar-refractivity contribution in [3.05, 3.63) is 50.4 Å². The summed E-state index contributed by atoms with van der Waals surface area (Å²) in [5.74, 6) is 0. The number of aliphatic hydroxyl groups excluding tert-OH is 1. The van der Waals surface area contributed by atoms with E-state index in [1.165, 1.54) is 5.56 Å². The molecule has 0 spiro atoms. The maximum absolute atomic E-state index is 9.10. The molecule has 1 aromatic heterocycles. The van der Waals surface area contributed by atoms with Gasteiger partial charge in [-0.2, -0.15) is 0 Å². The Morgan fingerprint density at radius 3 is 2.53 bits per heavy atom. The van der Waals surface area contributed by atoms with Crippen molar-refractivity contribution in [3.63, 3.8) is 0 Å². The molecular weight excluding hydrogens is 254 g/mol. The van der Waals surface area contributed by atoms with Crippen LogP contribution in [0.4, 0.5) is 0 Å². The Labute approximate surface area is 110 Å². The third-order valence-electron chi connectivity index (χ3n) is 2.62. The van der Waals surface area contributed by atoms with Crippen LogP contribution in [0.2, 0.25) is 5.02 Å². The molecule has 1 N–H and O–H groups in total. The standard InChI is InChI=1S/C13H14ClNOS/c1-9-12(8-16)17-13(15-9)7-4-10-2-5-11(14)6-3-10/h2-3,5-6,16H,4,7-8H2,1H3. The van der Waals surface area contributed by atoms with Crippen LogP contribution in [0.5, 0.6) is 0 Å². The van der Waals surface area contributed by atoms with Crippen molar-refractivity contribution in [2.45, 2.75) is 26.4 Å². The molecule has 17 heavy (non-hydrogen) atoms. The van der Waals surface area contributed by atoms with E-state index in [4.69, 9.17) is 16.7 Å². The second kappa shape index (κ2) is 5.63. The fraction of sp³-hybridized carbons (Fsp3) is 0.308. The molecule has 0 bridgehead atoms. The van der Waals surface area contributed by atoms with Gasteiger partial charge in [0.15, 0.2) is 0 Å². The number of nitrogens with zero attached hydrogens (tertiary/aromatic N) is 1. The second-order valence-electron chi connectivity index (χ2n) is 3.90. The minimum absolute atomic E-state index is 0.0877. The highest BCUT2D eigenvalue weighted by Gasteiger charge is 2.06. The highest BCUT2D eigenvalue weighted by Crippen LogP contribution is 2.20. The van der Waals surface area contributed by atoms with Crippen molar-refractivity contribution in [1.29, 1.82) is 0 Å². The lowest BCUT2D eigenvalue weighted by atomic mass is 10.1. The fourth-order valence-corrected chi connectivity index (χ4v) is 2.70. The summed E-state index contributed by atoms with van der Waals surface area (Å²) in [7, 11) is 0. The van der Waals surface area contributed by atoms with E-state index in [0.717, 1.165) is 33.4 Å². The van der Waals surface area contributed by atoms with Gasteiger partial charge in [-0.15, -0.1) is 11.3 Å². The van der Waals surface area contributed by atoms with E-state index >= 15 is 0 Å². The summed E-state index contributed by atoms with van der Waals surface area (Å²) in [6, 6.07) is 7.89. The lowest BCUT2D eigenvalue weighted by Gasteiger charge is -1.99. The molecule has 0 amide bonds. The van der Waals surface area contributed by atoms with Gasteiger partial charge >= 0.3 is 0 Å². The minimum Gasteiger partial charge on any atom is -0.391 e. The van der Waals surface area contributed by atoms with Gasteiger partial charge in [-0.1, -0.05) is 23.7 Å². The minimum atomic E-state index is 0.0877. The van der Waals surface area contributed by atoms with E-state index in [2.05, 4.69) is 4.98 Å². The maximum Gasteiger partial charge on any atom is 0.0935 e. The molecular formula is C13H14ClNOS. The van der Waals surface area contributed by atoms with Gasteiger partial charge in [0, 0.05) is 11.4 Å². The maximum atomic E-state index is 9.10. The van der Waals surface area contributed by atoms with Crippen molar-refractivity contribution in [1.82, 2.24) is 4.98 Å². The Kier molecular flexibility index (Phi) is 4.15. The lowest BCUT2D eigenvalue weighted by Crippen LogP contribution is -1.90. The monoisotopic (exact) mass is 267 g/mol. The number of aliphatic hydroxyl groups is 1. The molecule has 90 valence electrons. The van der Waals surface area contributed by atoms with Crippen molar-refractivity contribution < 1.29 is 5.11 Å². The lowest BCUT2D eigenvalue weighted by molar-refractivity contribution is 0.284. The molecule has 0 atom stereocenters. The average molecular weight is 268 g/mol. The molecule has 2 nitrogen and oxygen atoms in total. The molecule has 0 radical (unpaired) electrons. The van der Waals surface area contributed by atoms with Crippen molar-refractivity contribution >= 4 is 22.9 Å². The molecule has 0 aliphatic heterocycles. The molecule has 0 saturated carbocycles. The van der Waals surface area contributed by atoms with Crippen LogP contribution in [-0.4, -0.2) is 10.1 Å². The zero-order valence-electron chi connectivity index (χ0n) is 9.61. The van der Waals surface area contributed by atoms with Crippen LogP contribution in [0.25, 0.3) is 0 Å². The van der Waals surface area contributed by atoms with Gasteiger partial charge < -0.3 is 5.11 Å². The first kappa shape index (κ1) is 12.6. The average Bonchev–Trinajstić information content (AvgIpc) is 2.69. The predicted molar refractivity (Wildman–Crippen MR) is 71.6 cm³/mol. The number of aryl methyl sites for hydroxylation is 3. The van der Waals surface area contributed by atoms with E-state index in [1.54, 1.807) is 11.3 Å². The zero-order chi connectivity index (χ0) is 12.3. The Hall–Kier alpha value is -0.900. The van der Waals surface area contributed by atoms with Crippen molar-refractivity contribution in [2.75, 3.05) is 0 Å². The molecule has 2 rings (SSSR count). The summed E-state index contributed by atoms with van der Waals surface area (Å²) in [5.41, 5.74) is 2.21. The third kappa shape index (κ3) is 3.28. The van der Waals surface area contributed by atoms with Crippen LogP contribution in [0.1, 0.15) is 21.1 Å². The third-order valence-corrected chi connectivity index (χ3v) is 4.08. The Bertz CT molecular complexity index is 493. The van der Waals surface area contributed by atoms with Crippen LogP contribution in [0.15, 0.2) is 24.3 Å². The van der Waals surface area contributed by atoms with Crippen LogP contribution in [-0.2, 0) is 19.4 Å². The van der Waals surface area contributed by atoms with E-state index < -0.39 is 0 Å². The number of thiazole rings is 1. The number of aromatic nitrogens is 1. The molecule has 1 heterocycles. The molecule has 1 aromatic carbocycles. The topological polar surface area (TPSA) is 33.1 Å². The summed E-state index contributed by atoms with van der Waals surface area (Å²) >= 11 is 7.43. The Morgan fingerprint density at radius 1 is 1.24 bits per heavy atom. The molecule has 0 fully saturated rings. The van der Waals surface area contributed by atoms with Gasteiger partial charge in [0.1, 0.15) is 0 Å². The molecule has 4 heteroatoms. The number of halogens is 1. The first-order chi connectivity index (χ1) is 8.19. The molecule has 0 saturated heterocycles. The van der Waals surface area contributed by atoms with Gasteiger partial charge in [-0.25, -0.2) is 4.98 Å². The first-order valence-electron chi connectivity index (χ1n) is 5.49. The van der Waals surface area contributed by atoms with E-state index in [1.807, 2.05) is 31.2 Å². The predicted octanol–water partition coefficient (Wildman–Crippen LogP) is 3.38. The van der Waals surface area contributed by atoms with Crippen LogP contribution in [0.3, 0.4) is 0 Å². The van der Waals surface area contributed by atoms with Crippen LogP contribution < -0.4 is 0 Å². The number of hydrogen-bond acceptors (Lipinski definition) is 3. The summed E-state index contributed by atoms with van der Waals surface area (Å²) in [4.78, 5) is 5.42. The van der Waals surface area contributed by atoms with E-state index in [0.29, 0.717) is 0 Å². The number of hydrogen-bond donors (Lipinski definition) is 1. The van der Waals surface area contributed by atoms with Crippen molar-refractivity contribution in [2.24, 2.45) is 0 Å². The second-order valence-corrected chi connectivity index (χ2v) is 5.51. The normalized spacial score (nSPS) is 10.8. The number of rotatable bonds is 4. The Morgan fingerprint density at radius 2 is 1.94 bits per heavy atom. The smallest absolute Gasteiger partial charge is 0.0935 e. The summed E-state index contributed by atoms with van der Waals surface area (Å²) in [6.45, 7) is 2.03. The highest BCUT2D eigenvalue weighted by molar-refractivity contribution is 7.11. The van der Waals surface area contributed by atoms with Crippen LogP contribution >= 0.6 is 22.9 Å². The van der Waals surface area contributed by atoms with Gasteiger partial charge in [0.25, 0.3) is 0 Å². The highest BCUT2D eigenvalue weighted by atomic mass is 35.5. The molecule has 0 aliphatic rings. The summed E-state index contributed by atoms with van der Waals surface area (Å²) in [6.07, 6.45) is 1.86. The summed E-state index contributed by atoms with van der Waals surface area (Å²) in [5, 5.41) is 11.0. The Balaban J connectivity index is 1.99. The SMILES string of the molecule is Cc1nc(CCc2ccc(Cl)cc2)sc1CO. The largest absolute Gasteiger partial charge is 0.391 e. The van der Waals surface area contributed by atoms with Gasteiger partial charge in [-0.3, -0.25) is 0 Å². The summed E-state index contributed by atoms with van der Waals surface area (Å²) < 4.78 is 0. The molecule has 0 unspecified atom stereocenters. The van der Waals surface area contributed by atoms with E-state index in [9.17, 15) is 0 Å². The molecule has 0 aliphatic carbocycles. The van der Waals surface area contributed by atoms with Gasteiger partial charge in [0.2, 0.25) is 0 Å². The van der Waals surface area contributed by atoms with E-state index in [-0.39, 0.29) is 6.61 Å². The van der Waals surface area contributed by atoms with Gasteiger partial charge in [-0.05, 0) is 31.0 Å². The zero-order valence-corrected chi connectivity index (χ0v) is 11.2.